The van der Waals surface area contributed by atoms with E-state index in [9.17, 15) is 4.79 Å². The molecule has 2 fully saturated rings. The Kier molecular flexibility index (Phi) is 4.62. The maximum atomic E-state index is 12.0. The molecule has 1 amide bonds. The van der Waals surface area contributed by atoms with Crippen molar-refractivity contribution in [3.05, 3.63) is 29.8 Å². The van der Waals surface area contributed by atoms with Crippen LogP contribution in [0.3, 0.4) is 0 Å². The van der Waals surface area contributed by atoms with Crippen molar-refractivity contribution in [1.82, 2.24) is 4.90 Å². The van der Waals surface area contributed by atoms with E-state index < -0.39 is 0 Å². The summed E-state index contributed by atoms with van der Waals surface area (Å²) in [5, 5.41) is 0. The van der Waals surface area contributed by atoms with Crippen molar-refractivity contribution in [3.63, 3.8) is 0 Å². The molecule has 2 saturated heterocycles. The maximum Gasteiger partial charge on any atom is 0.248 e. The van der Waals surface area contributed by atoms with Gasteiger partial charge in [0.05, 0.1) is 11.6 Å². The molecule has 126 valence electrons. The Labute approximate surface area is 139 Å². The number of likely N-dealkylation sites (N-methyl/N-ethyl adjacent to an activating group) is 1. The van der Waals surface area contributed by atoms with E-state index in [1.807, 2.05) is 4.90 Å². The number of hydrogen-bond acceptors (Lipinski definition) is 3. The molecule has 1 aromatic carbocycles. The van der Waals surface area contributed by atoms with Crippen LogP contribution in [-0.2, 0) is 16.0 Å². The number of para-hydroxylation sites is 1. The van der Waals surface area contributed by atoms with Gasteiger partial charge in [0.1, 0.15) is 6.61 Å². The van der Waals surface area contributed by atoms with E-state index in [4.69, 9.17) is 4.74 Å². The second-order valence-corrected chi connectivity index (χ2v) is 6.68. The standard InChI is InChI=1S/C19H28N2O2/c1-4-16-8-6-7-9-17(16)20-12-10-19(11-13-20)15(3)21(5-2)18(22)14-23-19/h6-9,15H,4-5,10-14H2,1-3H3. The zero-order valence-electron chi connectivity index (χ0n) is 14.5. The van der Waals surface area contributed by atoms with Gasteiger partial charge in [-0.25, -0.2) is 0 Å². The minimum atomic E-state index is -0.165. The molecule has 0 bridgehead atoms. The molecule has 0 saturated carbocycles. The first-order valence-electron chi connectivity index (χ1n) is 8.87. The highest BCUT2D eigenvalue weighted by atomic mass is 16.5. The Hall–Kier alpha value is -1.55. The molecule has 2 heterocycles. The van der Waals surface area contributed by atoms with Crippen LogP contribution >= 0.6 is 0 Å². The number of ether oxygens (including phenoxy) is 1. The number of nitrogens with zero attached hydrogens (tertiary/aromatic N) is 2. The normalized spacial score (nSPS) is 24.3. The first-order chi connectivity index (χ1) is 11.1. The molecule has 23 heavy (non-hydrogen) atoms. The number of hydrogen-bond donors (Lipinski definition) is 0. The minimum Gasteiger partial charge on any atom is -0.371 e. The first kappa shape index (κ1) is 16.3. The Bertz CT molecular complexity index is 564. The number of carbonyl (C=O) groups excluding carboxylic acids is 1. The number of rotatable bonds is 3. The summed E-state index contributed by atoms with van der Waals surface area (Å²) < 4.78 is 6.09. The Morgan fingerprint density at radius 2 is 1.91 bits per heavy atom. The van der Waals surface area contributed by atoms with Gasteiger partial charge in [0.2, 0.25) is 5.91 Å². The highest BCUT2D eigenvalue weighted by Crippen LogP contribution is 2.37. The average molecular weight is 316 g/mol. The topological polar surface area (TPSA) is 32.8 Å². The molecule has 1 atom stereocenters. The zero-order chi connectivity index (χ0) is 16.4. The molecule has 1 unspecified atom stereocenters. The summed E-state index contributed by atoms with van der Waals surface area (Å²) in [7, 11) is 0. The number of amides is 1. The zero-order valence-corrected chi connectivity index (χ0v) is 14.5. The van der Waals surface area contributed by atoms with Gasteiger partial charge in [0.25, 0.3) is 0 Å². The van der Waals surface area contributed by atoms with E-state index in [0.29, 0.717) is 0 Å². The van der Waals surface area contributed by atoms with Gasteiger partial charge < -0.3 is 14.5 Å². The number of piperidine rings is 1. The molecular formula is C19H28N2O2. The fraction of sp³-hybridized carbons (Fsp3) is 0.632. The van der Waals surface area contributed by atoms with Crippen LogP contribution in [0.5, 0.6) is 0 Å². The van der Waals surface area contributed by atoms with Crippen molar-refractivity contribution in [3.8, 4) is 0 Å². The van der Waals surface area contributed by atoms with Gasteiger partial charge in [0.15, 0.2) is 0 Å². The summed E-state index contributed by atoms with van der Waals surface area (Å²) in [4.78, 5) is 16.5. The quantitative estimate of drug-likeness (QED) is 0.859. The van der Waals surface area contributed by atoms with E-state index >= 15 is 0 Å². The molecule has 0 aromatic heterocycles. The molecule has 0 N–H and O–H groups in total. The van der Waals surface area contributed by atoms with Crippen LogP contribution in [0.15, 0.2) is 24.3 Å². The van der Waals surface area contributed by atoms with Crippen molar-refractivity contribution < 1.29 is 9.53 Å². The van der Waals surface area contributed by atoms with Crippen LogP contribution < -0.4 is 4.90 Å². The van der Waals surface area contributed by atoms with Crippen molar-refractivity contribution in [1.29, 1.82) is 0 Å². The Morgan fingerprint density at radius 3 is 2.57 bits per heavy atom. The lowest BCUT2D eigenvalue weighted by Crippen LogP contribution is -2.63. The smallest absolute Gasteiger partial charge is 0.248 e. The van der Waals surface area contributed by atoms with Crippen LogP contribution in [0.1, 0.15) is 39.2 Å². The summed E-state index contributed by atoms with van der Waals surface area (Å²) in [6.45, 7) is 9.41. The maximum absolute atomic E-state index is 12.0. The lowest BCUT2D eigenvalue weighted by molar-refractivity contribution is -0.180. The predicted octanol–water partition coefficient (Wildman–Crippen LogP) is 2.86. The third kappa shape index (κ3) is 2.85. The van der Waals surface area contributed by atoms with E-state index in [2.05, 4.69) is 49.9 Å². The van der Waals surface area contributed by atoms with Gasteiger partial charge in [-0.2, -0.15) is 0 Å². The fourth-order valence-corrected chi connectivity index (χ4v) is 4.17. The second kappa shape index (κ2) is 6.52. The SMILES string of the molecule is CCc1ccccc1N1CCC2(CC1)OCC(=O)N(CC)C2C. The molecule has 2 aliphatic heterocycles. The number of carbonyl (C=O) groups is 1. The molecule has 1 spiro atoms. The molecule has 4 nitrogen and oxygen atoms in total. The van der Waals surface area contributed by atoms with E-state index in [-0.39, 0.29) is 24.2 Å². The highest BCUT2D eigenvalue weighted by Gasteiger charge is 2.47. The largest absolute Gasteiger partial charge is 0.371 e. The minimum absolute atomic E-state index is 0.129. The molecule has 4 heteroatoms. The third-order valence-electron chi connectivity index (χ3n) is 5.70. The number of benzene rings is 1. The van der Waals surface area contributed by atoms with E-state index in [1.165, 1.54) is 11.3 Å². The summed E-state index contributed by atoms with van der Waals surface area (Å²) in [6, 6.07) is 8.85. The van der Waals surface area contributed by atoms with Gasteiger partial charge in [0, 0.05) is 25.3 Å². The third-order valence-corrected chi connectivity index (χ3v) is 5.70. The number of aryl methyl sites for hydroxylation is 1. The van der Waals surface area contributed by atoms with Crippen LogP contribution in [-0.4, -0.2) is 48.7 Å². The van der Waals surface area contributed by atoms with Crippen LogP contribution in [0.4, 0.5) is 5.69 Å². The first-order valence-corrected chi connectivity index (χ1v) is 8.87. The summed E-state index contributed by atoms with van der Waals surface area (Å²) in [6.07, 6.45) is 3.02. The van der Waals surface area contributed by atoms with E-state index in [1.54, 1.807) is 0 Å². The summed E-state index contributed by atoms with van der Waals surface area (Å²) in [5.74, 6) is 0.129. The van der Waals surface area contributed by atoms with Crippen molar-refractivity contribution >= 4 is 11.6 Å². The molecule has 3 rings (SSSR count). The monoisotopic (exact) mass is 316 g/mol. The Balaban J connectivity index is 1.74. The van der Waals surface area contributed by atoms with Gasteiger partial charge in [-0.3, -0.25) is 4.79 Å². The van der Waals surface area contributed by atoms with Gasteiger partial charge in [-0.05, 0) is 44.7 Å². The summed E-state index contributed by atoms with van der Waals surface area (Å²) in [5.41, 5.74) is 2.60. The molecule has 1 aromatic rings. The second-order valence-electron chi connectivity index (χ2n) is 6.68. The Morgan fingerprint density at radius 1 is 1.22 bits per heavy atom. The van der Waals surface area contributed by atoms with E-state index in [0.717, 1.165) is 38.9 Å². The number of anilines is 1. The van der Waals surface area contributed by atoms with Crippen molar-refractivity contribution in [2.24, 2.45) is 0 Å². The van der Waals surface area contributed by atoms with Crippen molar-refractivity contribution in [2.45, 2.75) is 51.7 Å². The van der Waals surface area contributed by atoms with Gasteiger partial charge in [-0.15, -0.1) is 0 Å². The molecule has 2 aliphatic rings. The van der Waals surface area contributed by atoms with Crippen LogP contribution in [0.25, 0.3) is 0 Å². The molecular weight excluding hydrogens is 288 g/mol. The molecule has 0 radical (unpaired) electrons. The van der Waals surface area contributed by atoms with Crippen LogP contribution in [0.2, 0.25) is 0 Å². The van der Waals surface area contributed by atoms with Crippen LogP contribution in [0, 0.1) is 0 Å². The average Bonchev–Trinajstić information content (AvgIpc) is 2.60. The lowest BCUT2D eigenvalue weighted by Gasteiger charge is -2.51. The van der Waals surface area contributed by atoms with Crippen molar-refractivity contribution in [2.75, 3.05) is 31.1 Å². The summed E-state index contributed by atoms with van der Waals surface area (Å²) >= 11 is 0. The van der Waals surface area contributed by atoms with Gasteiger partial charge in [-0.1, -0.05) is 25.1 Å². The van der Waals surface area contributed by atoms with Gasteiger partial charge >= 0.3 is 0 Å². The lowest BCUT2D eigenvalue weighted by atomic mass is 9.82. The number of morpholine rings is 1. The predicted molar refractivity (Wildman–Crippen MR) is 92.8 cm³/mol. The highest BCUT2D eigenvalue weighted by molar-refractivity contribution is 5.78. The molecule has 0 aliphatic carbocycles. The fourth-order valence-electron chi connectivity index (χ4n) is 4.17.